The summed E-state index contributed by atoms with van der Waals surface area (Å²) in [7, 11) is 0. The highest BCUT2D eigenvalue weighted by atomic mass is 16.3. The van der Waals surface area contributed by atoms with Crippen LogP contribution in [0, 0.1) is 11.8 Å². The van der Waals surface area contributed by atoms with Gasteiger partial charge in [0.25, 0.3) is 0 Å². The van der Waals surface area contributed by atoms with Gasteiger partial charge in [-0.25, -0.2) is 0 Å². The molecule has 1 aliphatic rings. The Hall–Kier alpha value is -0.0800. The molecule has 1 atom stereocenters. The lowest BCUT2D eigenvalue weighted by atomic mass is 9.79. The summed E-state index contributed by atoms with van der Waals surface area (Å²) in [5.41, 5.74) is 5.94. The molecule has 2 nitrogen and oxygen atoms in total. The molecule has 1 aliphatic carbocycles. The van der Waals surface area contributed by atoms with Crippen molar-refractivity contribution in [1.29, 1.82) is 0 Å². The van der Waals surface area contributed by atoms with Gasteiger partial charge in [0.05, 0.1) is 0 Å². The molecule has 0 heterocycles. The SMILES string of the molecule is CC1CCC(C(N)CCO)CC1. The van der Waals surface area contributed by atoms with Gasteiger partial charge in [-0.15, -0.1) is 0 Å². The van der Waals surface area contributed by atoms with Crippen molar-refractivity contribution in [3.8, 4) is 0 Å². The Kier molecular flexibility index (Phi) is 4.02. The van der Waals surface area contributed by atoms with Crippen LogP contribution >= 0.6 is 0 Å². The zero-order chi connectivity index (χ0) is 8.97. The Morgan fingerprint density at radius 2 is 1.92 bits per heavy atom. The van der Waals surface area contributed by atoms with Crippen LogP contribution in [0.1, 0.15) is 39.0 Å². The number of hydrogen-bond donors (Lipinski definition) is 2. The molecule has 2 heteroatoms. The van der Waals surface area contributed by atoms with E-state index in [1.165, 1.54) is 25.7 Å². The largest absolute Gasteiger partial charge is 0.396 e. The van der Waals surface area contributed by atoms with Crippen molar-refractivity contribution in [3.63, 3.8) is 0 Å². The lowest BCUT2D eigenvalue weighted by Crippen LogP contribution is -2.33. The van der Waals surface area contributed by atoms with Crippen molar-refractivity contribution in [1.82, 2.24) is 0 Å². The van der Waals surface area contributed by atoms with Crippen LogP contribution in [0.25, 0.3) is 0 Å². The van der Waals surface area contributed by atoms with Gasteiger partial charge in [-0.2, -0.15) is 0 Å². The van der Waals surface area contributed by atoms with E-state index in [-0.39, 0.29) is 12.6 Å². The summed E-state index contributed by atoms with van der Waals surface area (Å²) in [5, 5.41) is 8.74. The number of aliphatic hydroxyl groups excluding tert-OH is 1. The molecule has 0 amide bonds. The maximum absolute atomic E-state index is 8.74. The standard InChI is InChI=1S/C10H21NO/c1-8-2-4-9(5-3-8)10(11)6-7-12/h8-10,12H,2-7,11H2,1H3. The van der Waals surface area contributed by atoms with Crippen LogP contribution in [0.4, 0.5) is 0 Å². The molecule has 0 aromatic rings. The third kappa shape index (κ3) is 2.76. The highest BCUT2D eigenvalue weighted by molar-refractivity contribution is 4.78. The van der Waals surface area contributed by atoms with E-state index in [0.717, 1.165) is 12.3 Å². The van der Waals surface area contributed by atoms with Crippen molar-refractivity contribution in [3.05, 3.63) is 0 Å². The van der Waals surface area contributed by atoms with Crippen molar-refractivity contribution in [2.45, 2.75) is 45.1 Å². The number of hydrogen-bond acceptors (Lipinski definition) is 2. The van der Waals surface area contributed by atoms with Gasteiger partial charge in [0.2, 0.25) is 0 Å². The minimum Gasteiger partial charge on any atom is -0.396 e. The maximum atomic E-state index is 8.74. The highest BCUT2D eigenvalue weighted by Gasteiger charge is 2.22. The molecular formula is C10H21NO. The third-order valence-corrected chi connectivity index (χ3v) is 3.13. The van der Waals surface area contributed by atoms with Crippen LogP contribution in [0.5, 0.6) is 0 Å². The monoisotopic (exact) mass is 171 g/mol. The molecule has 0 spiro atoms. The molecule has 0 aromatic carbocycles. The van der Waals surface area contributed by atoms with Crippen LogP contribution in [-0.2, 0) is 0 Å². The summed E-state index contributed by atoms with van der Waals surface area (Å²) >= 11 is 0. The molecule has 1 saturated carbocycles. The molecule has 0 aliphatic heterocycles. The summed E-state index contributed by atoms with van der Waals surface area (Å²) in [5.74, 6) is 1.57. The number of nitrogens with two attached hydrogens (primary N) is 1. The van der Waals surface area contributed by atoms with Crippen LogP contribution < -0.4 is 5.73 Å². The lowest BCUT2D eigenvalue weighted by molar-refractivity contribution is 0.211. The topological polar surface area (TPSA) is 46.2 Å². The Morgan fingerprint density at radius 1 is 1.33 bits per heavy atom. The average molecular weight is 171 g/mol. The van der Waals surface area contributed by atoms with E-state index in [9.17, 15) is 0 Å². The van der Waals surface area contributed by atoms with E-state index >= 15 is 0 Å². The molecule has 12 heavy (non-hydrogen) atoms. The summed E-state index contributed by atoms with van der Waals surface area (Å²) in [6, 6.07) is 0.238. The number of rotatable bonds is 3. The summed E-state index contributed by atoms with van der Waals surface area (Å²) in [6.45, 7) is 2.56. The predicted molar refractivity (Wildman–Crippen MR) is 50.8 cm³/mol. The fraction of sp³-hybridized carbons (Fsp3) is 1.00. The predicted octanol–water partition coefficient (Wildman–Crippen LogP) is 1.52. The van der Waals surface area contributed by atoms with E-state index in [0.29, 0.717) is 5.92 Å². The van der Waals surface area contributed by atoms with Gasteiger partial charge in [0.1, 0.15) is 0 Å². The summed E-state index contributed by atoms with van der Waals surface area (Å²) < 4.78 is 0. The van der Waals surface area contributed by atoms with E-state index in [4.69, 9.17) is 10.8 Å². The second-order valence-electron chi connectivity index (χ2n) is 4.20. The average Bonchev–Trinajstić information content (AvgIpc) is 2.06. The summed E-state index contributed by atoms with van der Waals surface area (Å²) in [4.78, 5) is 0. The molecular weight excluding hydrogens is 150 g/mol. The van der Waals surface area contributed by atoms with Crippen molar-refractivity contribution in [2.75, 3.05) is 6.61 Å². The molecule has 0 aromatic heterocycles. The molecule has 0 saturated heterocycles. The van der Waals surface area contributed by atoms with E-state index in [1.54, 1.807) is 0 Å². The van der Waals surface area contributed by atoms with Gasteiger partial charge >= 0.3 is 0 Å². The fourth-order valence-electron chi connectivity index (χ4n) is 2.10. The second kappa shape index (κ2) is 4.83. The minimum atomic E-state index is 0.238. The zero-order valence-electron chi connectivity index (χ0n) is 8.00. The third-order valence-electron chi connectivity index (χ3n) is 3.13. The number of aliphatic hydroxyl groups is 1. The van der Waals surface area contributed by atoms with Crippen molar-refractivity contribution in [2.24, 2.45) is 17.6 Å². The Labute approximate surface area is 75.2 Å². The first kappa shape index (κ1) is 10.0. The smallest absolute Gasteiger partial charge is 0.0445 e. The first-order chi connectivity index (χ1) is 5.74. The molecule has 0 radical (unpaired) electrons. The van der Waals surface area contributed by atoms with Gasteiger partial charge in [-0.3, -0.25) is 0 Å². The van der Waals surface area contributed by atoms with E-state index < -0.39 is 0 Å². The van der Waals surface area contributed by atoms with Crippen LogP contribution in [-0.4, -0.2) is 17.8 Å². The van der Waals surface area contributed by atoms with Gasteiger partial charge in [-0.05, 0) is 31.1 Å². The molecule has 3 N–H and O–H groups in total. The Morgan fingerprint density at radius 3 is 2.42 bits per heavy atom. The van der Waals surface area contributed by atoms with Crippen molar-refractivity contribution < 1.29 is 5.11 Å². The lowest BCUT2D eigenvalue weighted by Gasteiger charge is -2.30. The molecule has 72 valence electrons. The molecule has 1 unspecified atom stereocenters. The quantitative estimate of drug-likeness (QED) is 0.676. The molecule has 1 fully saturated rings. The minimum absolute atomic E-state index is 0.238. The van der Waals surface area contributed by atoms with Crippen LogP contribution in [0.15, 0.2) is 0 Å². The van der Waals surface area contributed by atoms with Gasteiger partial charge < -0.3 is 10.8 Å². The Balaban J connectivity index is 2.24. The first-order valence-corrected chi connectivity index (χ1v) is 5.10. The van der Waals surface area contributed by atoms with Crippen molar-refractivity contribution >= 4 is 0 Å². The zero-order valence-corrected chi connectivity index (χ0v) is 8.00. The second-order valence-corrected chi connectivity index (χ2v) is 4.20. The van der Waals surface area contributed by atoms with Gasteiger partial charge in [0.15, 0.2) is 0 Å². The van der Waals surface area contributed by atoms with E-state index in [2.05, 4.69) is 6.92 Å². The molecule has 1 rings (SSSR count). The van der Waals surface area contributed by atoms with Gasteiger partial charge in [-0.1, -0.05) is 19.8 Å². The summed E-state index contributed by atoms with van der Waals surface area (Å²) in [6.07, 6.45) is 5.96. The fourth-order valence-corrected chi connectivity index (χ4v) is 2.10. The first-order valence-electron chi connectivity index (χ1n) is 5.10. The van der Waals surface area contributed by atoms with Gasteiger partial charge in [0, 0.05) is 12.6 Å². The Bertz CT molecular complexity index is 119. The molecule has 0 bridgehead atoms. The normalized spacial score (nSPS) is 33.2. The maximum Gasteiger partial charge on any atom is 0.0445 e. The van der Waals surface area contributed by atoms with E-state index in [1.807, 2.05) is 0 Å². The van der Waals surface area contributed by atoms with Crippen LogP contribution in [0.3, 0.4) is 0 Å². The van der Waals surface area contributed by atoms with Crippen LogP contribution in [0.2, 0.25) is 0 Å². The highest BCUT2D eigenvalue weighted by Crippen LogP contribution is 2.30.